The number of urea groups is 1. The molecular weight excluding hydrogens is 446 g/mol. The molecule has 4 rings (SSSR count). The number of nitrogens with zero attached hydrogens (tertiary/aromatic N) is 3. The molecule has 0 aromatic heterocycles. The van der Waals surface area contributed by atoms with Crippen molar-refractivity contribution in [2.75, 3.05) is 39.3 Å². The van der Waals surface area contributed by atoms with Crippen LogP contribution in [0, 0.1) is 0 Å². The van der Waals surface area contributed by atoms with Gasteiger partial charge in [0.2, 0.25) is 11.8 Å². The normalized spacial score (nSPS) is 21.4. The number of hydrogen-bond acceptors (Lipinski definition) is 5. The monoisotopic (exact) mass is 479 g/mol. The van der Waals surface area contributed by atoms with Gasteiger partial charge in [-0.15, -0.1) is 0 Å². The van der Waals surface area contributed by atoms with Gasteiger partial charge in [-0.2, -0.15) is 0 Å². The lowest BCUT2D eigenvalue weighted by Gasteiger charge is -2.35. The quantitative estimate of drug-likeness (QED) is 0.636. The fourth-order valence-electron chi connectivity index (χ4n) is 4.74. The summed E-state index contributed by atoms with van der Waals surface area (Å²) in [5, 5.41) is 7.60. The van der Waals surface area contributed by atoms with E-state index in [1.807, 2.05) is 68.1 Å². The molecular formula is C26H33N5O4. The van der Waals surface area contributed by atoms with Gasteiger partial charge in [-0.1, -0.05) is 42.5 Å². The largest absolute Gasteiger partial charge is 0.350 e. The first-order chi connectivity index (χ1) is 16.5. The van der Waals surface area contributed by atoms with Crippen LogP contribution in [0.1, 0.15) is 33.3 Å². The molecule has 2 aliphatic heterocycles. The lowest BCUT2D eigenvalue weighted by atomic mass is 9.88. The summed E-state index contributed by atoms with van der Waals surface area (Å²) < 4.78 is 0. The number of nitrogens with one attached hydrogen (secondary N) is 2. The molecule has 9 nitrogen and oxygen atoms in total. The number of carbonyl (C=O) groups excluding carboxylic acids is 4. The van der Waals surface area contributed by atoms with Gasteiger partial charge in [-0.05, 0) is 44.0 Å². The van der Waals surface area contributed by atoms with Gasteiger partial charge < -0.3 is 15.5 Å². The van der Waals surface area contributed by atoms with Crippen LogP contribution in [0.25, 0.3) is 10.8 Å². The molecule has 2 aliphatic rings. The van der Waals surface area contributed by atoms with Crippen LogP contribution >= 0.6 is 0 Å². The van der Waals surface area contributed by atoms with Gasteiger partial charge in [-0.25, -0.2) is 4.79 Å². The molecule has 2 fully saturated rings. The minimum Gasteiger partial charge on any atom is -0.350 e. The van der Waals surface area contributed by atoms with Crippen LogP contribution in [0.2, 0.25) is 0 Å². The lowest BCUT2D eigenvalue weighted by Crippen LogP contribution is -2.54. The van der Waals surface area contributed by atoms with Gasteiger partial charge in [0.1, 0.15) is 12.1 Å². The number of piperazine rings is 1. The number of fused-ring (bicyclic) bond motifs is 1. The number of benzene rings is 2. The van der Waals surface area contributed by atoms with Crippen LogP contribution in [-0.4, -0.2) is 83.3 Å². The zero-order valence-electron chi connectivity index (χ0n) is 20.8. The molecule has 2 aromatic carbocycles. The highest BCUT2D eigenvalue weighted by atomic mass is 16.2. The van der Waals surface area contributed by atoms with Crippen molar-refractivity contribution in [2.24, 2.45) is 0 Å². The van der Waals surface area contributed by atoms with E-state index in [2.05, 4.69) is 10.6 Å². The Morgan fingerprint density at radius 1 is 0.971 bits per heavy atom. The number of imide groups is 1. The molecule has 0 radical (unpaired) electrons. The van der Waals surface area contributed by atoms with Gasteiger partial charge in [0.15, 0.2) is 0 Å². The predicted molar refractivity (Wildman–Crippen MR) is 132 cm³/mol. The first-order valence-corrected chi connectivity index (χ1v) is 11.9. The van der Waals surface area contributed by atoms with Crippen molar-refractivity contribution >= 4 is 34.5 Å². The Labute approximate surface area is 205 Å². The van der Waals surface area contributed by atoms with Gasteiger partial charge in [0, 0.05) is 31.7 Å². The van der Waals surface area contributed by atoms with E-state index in [1.165, 1.54) is 0 Å². The number of carbonyl (C=O) groups is 4. The van der Waals surface area contributed by atoms with Crippen molar-refractivity contribution in [3.8, 4) is 0 Å². The Morgan fingerprint density at radius 3 is 2.31 bits per heavy atom. The van der Waals surface area contributed by atoms with E-state index >= 15 is 0 Å². The molecule has 2 saturated heterocycles. The minimum absolute atomic E-state index is 0.0515. The third kappa shape index (κ3) is 5.14. The second kappa shape index (κ2) is 9.30. The third-order valence-electron chi connectivity index (χ3n) is 6.50. The standard InChI is InChI=1S/C26H33N5O4/c1-25(2,3)27-21(32)16-29-12-14-30(15-13-29)22(33)17-31-23(34)26(4,28-24(31)35)20-11-7-9-18-8-5-6-10-19(18)20/h5-11H,12-17H2,1-4H3,(H,27,32)(H,28,35). The molecule has 0 bridgehead atoms. The highest BCUT2D eigenvalue weighted by Crippen LogP contribution is 2.33. The summed E-state index contributed by atoms with van der Waals surface area (Å²) in [4.78, 5) is 56.0. The zero-order chi connectivity index (χ0) is 25.4. The molecule has 1 unspecified atom stereocenters. The van der Waals surface area contributed by atoms with E-state index < -0.39 is 17.5 Å². The van der Waals surface area contributed by atoms with Gasteiger partial charge in [0.05, 0.1) is 6.54 Å². The summed E-state index contributed by atoms with van der Waals surface area (Å²) in [6, 6.07) is 12.8. The van der Waals surface area contributed by atoms with E-state index in [9.17, 15) is 19.2 Å². The molecule has 2 aromatic rings. The Balaban J connectivity index is 1.39. The zero-order valence-corrected chi connectivity index (χ0v) is 20.8. The Hall–Kier alpha value is -3.46. The maximum Gasteiger partial charge on any atom is 0.325 e. The fraction of sp³-hybridized carbons (Fsp3) is 0.462. The Kier molecular flexibility index (Phi) is 6.55. The van der Waals surface area contributed by atoms with Crippen molar-refractivity contribution < 1.29 is 19.2 Å². The van der Waals surface area contributed by atoms with Gasteiger partial charge >= 0.3 is 6.03 Å². The Bertz CT molecular complexity index is 1160. The molecule has 2 heterocycles. The van der Waals surface area contributed by atoms with Crippen LogP contribution < -0.4 is 10.6 Å². The van der Waals surface area contributed by atoms with Crippen molar-refractivity contribution in [3.05, 3.63) is 48.0 Å². The van der Waals surface area contributed by atoms with Crippen LogP contribution in [0.4, 0.5) is 4.79 Å². The van der Waals surface area contributed by atoms with E-state index in [4.69, 9.17) is 0 Å². The molecule has 5 amide bonds. The summed E-state index contributed by atoms with van der Waals surface area (Å²) in [7, 11) is 0. The number of hydrogen-bond donors (Lipinski definition) is 2. The van der Waals surface area contributed by atoms with Crippen LogP contribution in [0.3, 0.4) is 0 Å². The maximum atomic E-state index is 13.4. The summed E-state index contributed by atoms with van der Waals surface area (Å²) >= 11 is 0. The smallest absolute Gasteiger partial charge is 0.325 e. The van der Waals surface area contributed by atoms with E-state index in [0.717, 1.165) is 15.7 Å². The number of amides is 5. The average molecular weight is 480 g/mol. The van der Waals surface area contributed by atoms with Gasteiger partial charge in [0.25, 0.3) is 5.91 Å². The molecule has 35 heavy (non-hydrogen) atoms. The molecule has 0 spiro atoms. The summed E-state index contributed by atoms with van der Waals surface area (Å²) in [6.07, 6.45) is 0. The van der Waals surface area contributed by atoms with Crippen molar-refractivity contribution in [3.63, 3.8) is 0 Å². The van der Waals surface area contributed by atoms with Crippen molar-refractivity contribution in [1.29, 1.82) is 0 Å². The average Bonchev–Trinajstić information content (AvgIpc) is 3.01. The fourth-order valence-corrected chi connectivity index (χ4v) is 4.74. The van der Waals surface area contributed by atoms with Crippen molar-refractivity contribution in [1.82, 2.24) is 25.3 Å². The molecule has 9 heteroatoms. The summed E-state index contributed by atoms with van der Waals surface area (Å²) in [5.41, 5.74) is -0.846. The summed E-state index contributed by atoms with van der Waals surface area (Å²) in [5.74, 6) is -0.775. The maximum absolute atomic E-state index is 13.4. The van der Waals surface area contributed by atoms with Crippen molar-refractivity contribution in [2.45, 2.75) is 38.8 Å². The predicted octanol–water partition coefficient (Wildman–Crippen LogP) is 1.67. The first-order valence-electron chi connectivity index (χ1n) is 11.9. The van der Waals surface area contributed by atoms with Gasteiger partial charge in [-0.3, -0.25) is 24.2 Å². The summed E-state index contributed by atoms with van der Waals surface area (Å²) in [6.45, 7) is 9.42. The lowest BCUT2D eigenvalue weighted by molar-refractivity contribution is -0.140. The van der Waals surface area contributed by atoms with Crippen LogP contribution in [0.5, 0.6) is 0 Å². The van der Waals surface area contributed by atoms with E-state index in [0.29, 0.717) is 31.7 Å². The topological polar surface area (TPSA) is 102 Å². The van der Waals surface area contributed by atoms with E-state index in [-0.39, 0.29) is 30.4 Å². The SMILES string of the molecule is CC(C)(C)NC(=O)CN1CCN(C(=O)CN2C(=O)NC(C)(c3cccc4ccccc34)C2=O)CC1. The molecule has 186 valence electrons. The number of rotatable bonds is 5. The second-order valence-corrected chi connectivity index (χ2v) is 10.4. The Morgan fingerprint density at radius 2 is 1.63 bits per heavy atom. The molecule has 2 N–H and O–H groups in total. The molecule has 1 atom stereocenters. The van der Waals surface area contributed by atoms with Crippen LogP contribution in [0.15, 0.2) is 42.5 Å². The minimum atomic E-state index is -1.25. The molecule has 0 saturated carbocycles. The van der Waals surface area contributed by atoms with E-state index in [1.54, 1.807) is 11.8 Å². The first kappa shape index (κ1) is 24.7. The third-order valence-corrected chi connectivity index (χ3v) is 6.50. The molecule has 0 aliphatic carbocycles. The highest BCUT2D eigenvalue weighted by molar-refractivity contribution is 6.10. The second-order valence-electron chi connectivity index (χ2n) is 10.4. The highest BCUT2D eigenvalue weighted by Gasteiger charge is 2.50. The van der Waals surface area contributed by atoms with Crippen LogP contribution in [-0.2, 0) is 19.9 Å².